The number of carbonyl (C=O) groups excluding carboxylic acids is 4. The van der Waals surface area contributed by atoms with Crippen LogP contribution in [0.4, 0.5) is 147 Å². The summed E-state index contributed by atoms with van der Waals surface area (Å²) in [5, 5.41) is 1.09. The summed E-state index contributed by atoms with van der Waals surface area (Å²) in [6.07, 6.45) is -7.76. The Balaban J connectivity index is 4.33. The van der Waals surface area contributed by atoms with Crippen molar-refractivity contribution in [2.45, 2.75) is 103 Å². The minimum atomic E-state index is -10.3. The molecule has 0 spiro atoms. The fraction of sp³-hybridized carbons (Fsp3) is 0.643. The van der Waals surface area contributed by atoms with Gasteiger partial charge in [-0.15, -0.1) is 0 Å². The van der Waals surface area contributed by atoms with E-state index >= 15 is 17.6 Å². The number of isocyanates is 2. The molecular weight excluding hydrogens is 1050 g/mol. The van der Waals surface area contributed by atoms with E-state index in [0.29, 0.717) is 19.1 Å². The number of nitrogens with zero attached hydrogens (tertiary/aromatic N) is 2. The fourth-order valence-corrected chi connectivity index (χ4v) is 4.67. The molecule has 0 aromatic heterocycles. The van der Waals surface area contributed by atoms with Gasteiger partial charge in [0.15, 0.2) is 6.73 Å². The van der Waals surface area contributed by atoms with Crippen molar-refractivity contribution in [2.24, 2.45) is 9.98 Å². The molecular formula is C28H10F31N3O5. The van der Waals surface area contributed by atoms with Gasteiger partial charge < -0.3 is 10.1 Å². The number of benzene rings is 1. The summed E-state index contributed by atoms with van der Waals surface area (Å²) in [6.45, 7) is -1.43. The standard InChI is InChI=1S/C28H10F31N3O5/c1-7-9(60-4-63)3-10(61-5-64)11(13(66)62-6-67-8(2)65)12(7)14(29,30)15(31,32)16(33,34)17(35,36)18(37,38)19(39,40)20(41,42)21(43,44)22(45,46)23(47,48)24(49,50)25(51,52)26(53,54)27(55,56)28(57,58)59/h3H,6H2,1-2H3,(H,62,66). The van der Waals surface area contributed by atoms with E-state index in [0.717, 1.165) is 5.32 Å². The molecule has 0 aliphatic carbocycles. The summed E-state index contributed by atoms with van der Waals surface area (Å²) in [5.41, 5.74) is -12.2. The number of alkyl halides is 31. The van der Waals surface area contributed by atoms with Crippen molar-refractivity contribution in [1.82, 2.24) is 5.32 Å². The largest absolute Gasteiger partial charge is 0.460 e. The Kier molecular flexibility index (Phi) is 15.0. The second kappa shape index (κ2) is 16.8. The molecule has 1 N–H and O–H groups in total. The van der Waals surface area contributed by atoms with Crippen LogP contribution in [0.3, 0.4) is 0 Å². The van der Waals surface area contributed by atoms with Gasteiger partial charge in [0.25, 0.3) is 5.91 Å². The SMILES string of the molecule is CC(=O)OCNC(=O)c1c(N=C=O)cc(N=C=O)c(C)c1C(F)(F)C(F)(F)C(F)(F)C(F)(F)C(F)(F)C(F)(F)C(F)(F)C(F)(F)C(F)(F)C(F)(F)C(F)(F)C(F)(F)C(F)(F)C(F)(F)C(F)(F)F. The highest BCUT2D eigenvalue weighted by Crippen LogP contribution is 2.70. The molecule has 67 heavy (non-hydrogen) atoms. The smallest absolute Gasteiger partial charge is 0.445 e. The maximum atomic E-state index is 15.7. The molecule has 39 heteroatoms. The van der Waals surface area contributed by atoms with E-state index in [1.165, 1.54) is 0 Å². The zero-order valence-electron chi connectivity index (χ0n) is 30.4. The van der Waals surface area contributed by atoms with Gasteiger partial charge >= 0.3 is 95.1 Å². The first kappa shape index (κ1) is 59.8. The molecule has 0 saturated carbocycles. The van der Waals surface area contributed by atoms with Crippen molar-refractivity contribution < 1.29 is 160 Å². The fourth-order valence-electron chi connectivity index (χ4n) is 4.67. The van der Waals surface area contributed by atoms with Crippen molar-refractivity contribution in [2.75, 3.05) is 6.73 Å². The lowest BCUT2D eigenvalue weighted by atomic mass is 9.81. The molecule has 0 radical (unpaired) electrons. The van der Waals surface area contributed by atoms with Crippen molar-refractivity contribution in [3.05, 3.63) is 22.8 Å². The van der Waals surface area contributed by atoms with Crippen molar-refractivity contribution in [3.8, 4) is 0 Å². The van der Waals surface area contributed by atoms with Crippen LogP contribution in [-0.2, 0) is 25.0 Å². The van der Waals surface area contributed by atoms with Gasteiger partial charge in [0.2, 0.25) is 12.2 Å². The number of carbonyl (C=O) groups is 2. The van der Waals surface area contributed by atoms with Gasteiger partial charge in [-0.2, -0.15) is 146 Å². The molecule has 0 atom stereocenters. The van der Waals surface area contributed by atoms with E-state index in [4.69, 9.17) is 0 Å². The lowest BCUT2D eigenvalue weighted by Gasteiger charge is -2.46. The van der Waals surface area contributed by atoms with E-state index in [1.807, 2.05) is 0 Å². The zero-order chi connectivity index (χ0) is 54.2. The van der Waals surface area contributed by atoms with E-state index in [-0.39, 0.29) is 13.0 Å². The number of hydrogen-bond donors (Lipinski definition) is 1. The minimum absolute atomic E-state index is 0.174. The summed E-state index contributed by atoms with van der Waals surface area (Å²) < 4.78 is 441. The van der Waals surface area contributed by atoms with Gasteiger partial charge in [-0.3, -0.25) is 9.59 Å². The third-order valence-electron chi connectivity index (χ3n) is 8.40. The molecule has 0 unspecified atom stereocenters. The third-order valence-corrected chi connectivity index (χ3v) is 8.40. The number of hydrogen-bond acceptors (Lipinski definition) is 7. The van der Waals surface area contributed by atoms with Crippen molar-refractivity contribution in [3.63, 3.8) is 0 Å². The number of aliphatic imine (C=N–C) groups is 2. The first-order valence-electron chi connectivity index (χ1n) is 15.2. The summed E-state index contributed by atoms with van der Waals surface area (Å²) >= 11 is 0. The lowest BCUT2D eigenvalue weighted by molar-refractivity contribution is -0.489. The highest BCUT2D eigenvalue weighted by Gasteiger charge is 3.01. The van der Waals surface area contributed by atoms with E-state index in [2.05, 4.69) is 14.7 Å². The third kappa shape index (κ3) is 7.92. The van der Waals surface area contributed by atoms with Crippen LogP contribution in [0.5, 0.6) is 0 Å². The molecule has 0 aliphatic heterocycles. The van der Waals surface area contributed by atoms with Crippen LogP contribution in [-0.4, -0.2) is 114 Å². The maximum absolute atomic E-state index is 15.7. The number of amides is 1. The van der Waals surface area contributed by atoms with Gasteiger partial charge in [0, 0.05) is 12.5 Å². The Labute approximate surface area is 344 Å². The first-order valence-corrected chi connectivity index (χ1v) is 15.2. The minimum Gasteiger partial charge on any atom is -0.445 e. The molecule has 0 saturated heterocycles. The average molecular weight is 1060 g/mol. The predicted molar refractivity (Wildman–Crippen MR) is 145 cm³/mol. The van der Waals surface area contributed by atoms with Crippen LogP contribution >= 0.6 is 0 Å². The number of rotatable bonds is 19. The molecule has 1 rings (SSSR count). The number of halogens is 31. The monoisotopic (exact) mass is 1060 g/mol. The first-order chi connectivity index (χ1) is 29.1. The van der Waals surface area contributed by atoms with Gasteiger partial charge in [-0.1, -0.05) is 0 Å². The maximum Gasteiger partial charge on any atom is 0.460 e. The second-order valence-electron chi connectivity index (χ2n) is 12.5. The molecule has 1 aromatic carbocycles. The molecule has 384 valence electrons. The average Bonchev–Trinajstić information content (AvgIpc) is 3.14. The van der Waals surface area contributed by atoms with Crippen LogP contribution in [0, 0.1) is 6.92 Å². The number of nitrogens with one attached hydrogen (secondary N) is 1. The molecule has 1 aromatic rings. The number of esters is 1. The Morgan fingerprint density at radius 1 is 0.478 bits per heavy atom. The van der Waals surface area contributed by atoms with E-state index < -0.39 is 136 Å². The summed E-state index contributed by atoms with van der Waals surface area (Å²) in [7, 11) is 0. The quantitative estimate of drug-likeness (QED) is 0.0487. The Morgan fingerprint density at radius 3 is 1.01 bits per heavy atom. The topological polar surface area (TPSA) is 114 Å². The molecule has 0 heterocycles. The van der Waals surface area contributed by atoms with Crippen molar-refractivity contribution >= 4 is 35.4 Å². The van der Waals surface area contributed by atoms with Crippen LogP contribution in [0.25, 0.3) is 0 Å². The second-order valence-corrected chi connectivity index (χ2v) is 12.5. The van der Waals surface area contributed by atoms with Crippen LogP contribution in [0.15, 0.2) is 16.1 Å². The van der Waals surface area contributed by atoms with Gasteiger partial charge in [0.1, 0.15) is 0 Å². The van der Waals surface area contributed by atoms with Gasteiger partial charge in [-0.25, -0.2) is 9.59 Å². The molecule has 1 amide bonds. The van der Waals surface area contributed by atoms with Crippen molar-refractivity contribution in [1.29, 1.82) is 0 Å². The Bertz CT molecular complexity index is 2190. The Morgan fingerprint density at radius 2 is 0.746 bits per heavy atom. The number of ether oxygens (including phenoxy) is 1. The molecule has 8 nitrogen and oxygen atoms in total. The summed E-state index contributed by atoms with van der Waals surface area (Å²) in [5.74, 6) is -139. The highest BCUT2D eigenvalue weighted by atomic mass is 19.4. The normalized spacial score (nSPS) is 15.1. The zero-order valence-corrected chi connectivity index (χ0v) is 30.4. The van der Waals surface area contributed by atoms with E-state index in [9.17, 15) is 138 Å². The molecule has 0 bridgehead atoms. The summed E-state index contributed by atoms with van der Waals surface area (Å²) in [6, 6.07) is -0.174. The predicted octanol–water partition coefficient (Wildman–Crippen LogP) is 11.1. The highest BCUT2D eigenvalue weighted by molar-refractivity contribution is 6.02. The van der Waals surface area contributed by atoms with Gasteiger partial charge in [-0.05, 0) is 18.6 Å². The lowest BCUT2D eigenvalue weighted by Crippen LogP contribution is -2.79. The van der Waals surface area contributed by atoms with Crippen LogP contribution in [0.1, 0.15) is 28.4 Å². The molecule has 0 fully saturated rings. The summed E-state index contributed by atoms with van der Waals surface area (Å²) in [4.78, 5) is 50.0. The molecule has 0 aliphatic rings. The Hall–Kier alpha value is -5.25. The van der Waals surface area contributed by atoms with Crippen LogP contribution in [0.2, 0.25) is 0 Å². The van der Waals surface area contributed by atoms with E-state index in [1.54, 1.807) is 0 Å². The van der Waals surface area contributed by atoms with Crippen LogP contribution < -0.4 is 5.32 Å². The van der Waals surface area contributed by atoms with Gasteiger partial charge in [0.05, 0.1) is 16.9 Å².